The van der Waals surface area contributed by atoms with Crippen molar-refractivity contribution in [1.82, 2.24) is 5.32 Å². The van der Waals surface area contributed by atoms with Gasteiger partial charge in [0.05, 0.1) is 30.8 Å². The molecule has 2 aliphatic rings. The third-order valence-corrected chi connectivity index (χ3v) is 4.39. The van der Waals surface area contributed by atoms with Crippen LogP contribution in [0.25, 0.3) is 0 Å². The number of benzene rings is 1. The molecule has 26 heavy (non-hydrogen) atoms. The average molecular weight is 359 g/mol. The van der Waals surface area contributed by atoms with Crippen LogP contribution in [0, 0.1) is 0 Å². The molecule has 1 N–H and O–H groups in total. The lowest BCUT2D eigenvalue weighted by molar-refractivity contribution is -0.139. The van der Waals surface area contributed by atoms with Crippen LogP contribution in [0.1, 0.15) is 32.3 Å². The first kappa shape index (κ1) is 17.8. The molecule has 0 amide bonds. The van der Waals surface area contributed by atoms with Crippen LogP contribution in [0.5, 0.6) is 11.5 Å². The predicted octanol–water partition coefficient (Wildman–Crippen LogP) is 2.39. The summed E-state index contributed by atoms with van der Waals surface area (Å²) in [7, 11) is 1.31. The molecule has 3 rings (SSSR count). The summed E-state index contributed by atoms with van der Waals surface area (Å²) in [4.78, 5) is 25.1. The van der Waals surface area contributed by atoms with Gasteiger partial charge in [0, 0.05) is 11.4 Å². The summed E-state index contributed by atoms with van der Waals surface area (Å²) in [6.45, 7) is 5.67. The molecule has 0 saturated heterocycles. The fourth-order valence-corrected chi connectivity index (χ4v) is 3.28. The van der Waals surface area contributed by atoms with E-state index in [0.717, 1.165) is 5.56 Å². The van der Waals surface area contributed by atoms with Crippen molar-refractivity contribution >= 4 is 11.9 Å². The summed E-state index contributed by atoms with van der Waals surface area (Å²) in [5.41, 5.74) is 2.72. The van der Waals surface area contributed by atoms with Gasteiger partial charge in [-0.3, -0.25) is 0 Å². The van der Waals surface area contributed by atoms with Gasteiger partial charge in [0.2, 0.25) is 6.79 Å². The van der Waals surface area contributed by atoms with Gasteiger partial charge in [-0.25, -0.2) is 9.59 Å². The van der Waals surface area contributed by atoms with Gasteiger partial charge >= 0.3 is 11.9 Å². The van der Waals surface area contributed by atoms with Crippen LogP contribution in [0.2, 0.25) is 0 Å². The topological polar surface area (TPSA) is 83.1 Å². The Kier molecular flexibility index (Phi) is 4.88. The van der Waals surface area contributed by atoms with Crippen molar-refractivity contribution in [2.75, 3.05) is 20.5 Å². The minimum absolute atomic E-state index is 0.142. The lowest BCUT2D eigenvalue weighted by Crippen LogP contribution is -2.32. The van der Waals surface area contributed by atoms with Gasteiger partial charge in [-0.1, -0.05) is 6.07 Å². The summed E-state index contributed by atoms with van der Waals surface area (Å²) in [5.74, 6) is -0.413. The maximum Gasteiger partial charge on any atom is 0.336 e. The van der Waals surface area contributed by atoms with Crippen molar-refractivity contribution < 1.29 is 28.5 Å². The summed E-state index contributed by atoms with van der Waals surface area (Å²) >= 11 is 0. The number of ether oxygens (including phenoxy) is 4. The van der Waals surface area contributed by atoms with Crippen molar-refractivity contribution in [2.45, 2.75) is 26.7 Å². The highest BCUT2D eigenvalue weighted by Gasteiger charge is 2.38. The highest BCUT2D eigenvalue weighted by Crippen LogP contribution is 2.42. The Hall–Kier alpha value is -2.96. The summed E-state index contributed by atoms with van der Waals surface area (Å²) < 4.78 is 21.0. The van der Waals surface area contributed by atoms with Gasteiger partial charge in [-0.05, 0) is 38.5 Å². The SMILES string of the molecule is CCOC(=O)C1=C(C)NC(C)=C(C(=O)OC)C1c1ccc2c(c1)OCO2. The Morgan fingerprint density at radius 1 is 1.12 bits per heavy atom. The highest BCUT2D eigenvalue weighted by atomic mass is 16.7. The van der Waals surface area contributed by atoms with Gasteiger partial charge in [0.25, 0.3) is 0 Å². The highest BCUT2D eigenvalue weighted by molar-refractivity contribution is 5.99. The van der Waals surface area contributed by atoms with Crippen LogP contribution in [0.3, 0.4) is 0 Å². The molecule has 7 heteroatoms. The molecule has 2 heterocycles. The summed E-state index contributed by atoms with van der Waals surface area (Å²) in [6.07, 6.45) is 0. The zero-order valence-corrected chi connectivity index (χ0v) is 15.2. The normalized spacial score (nSPS) is 18.5. The molecule has 2 aliphatic heterocycles. The Morgan fingerprint density at radius 2 is 1.77 bits per heavy atom. The second-order valence-electron chi connectivity index (χ2n) is 5.96. The molecule has 1 unspecified atom stereocenters. The first-order valence-corrected chi connectivity index (χ1v) is 8.31. The number of dihydropyridines is 1. The van der Waals surface area contributed by atoms with E-state index in [0.29, 0.717) is 34.0 Å². The second-order valence-corrected chi connectivity index (χ2v) is 5.96. The summed E-state index contributed by atoms with van der Waals surface area (Å²) in [6, 6.07) is 5.36. The van der Waals surface area contributed by atoms with E-state index in [-0.39, 0.29) is 13.4 Å². The number of rotatable bonds is 4. The molecular weight excluding hydrogens is 338 g/mol. The lowest BCUT2D eigenvalue weighted by atomic mass is 9.80. The summed E-state index contributed by atoms with van der Waals surface area (Å²) in [5, 5.41) is 3.09. The molecule has 0 aromatic heterocycles. The maximum atomic E-state index is 12.6. The van der Waals surface area contributed by atoms with Crippen LogP contribution in [-0.2, 0) is 19.1 Å². The fraction of sp³-hybridized carbons (Fsp3) is 0.368. The van der Waals surface area contributed by atoms with E-state index in [1.54, 1.807) is 32.9 Å². The van der Waals surface area contributed by atoms with E-state index in [1.807, 2.05) is 6.07 Å². The number of methoxy groups -OCH3 is 1. The molecule has 7 nitrogen and oxygen atoms in total. The molecule has 0 bridgehead atoms. The van der Waals surface area contributed by atoms with Gasteiger partial charge in [0.15, 0.2) is 11.5 Å². The van der Waals surface area contributed by atoms with Crippen LogP contribution in [0.15, 0.2) is 40.7 Å². The van der Waals surface area contributed by atoms with E-state index >= 15 is 0 Å². The van der Waals surface area contributed by atoms with Gasteiger partial charge < -0.3 is 24.3 Å². The van der Waals surface area contributed by atoms with E-state index in [9.17, 15) is 9.59 Å². The van der Waals surface area contributed by atoms with Crippen LogP contribution >= 0.6 is 0 Å². The van der Waals surface area contributed by atoms with E-state index in [1.165, 1.54) is 7.11 Å². The van der Waals surface area contributed by atoms with Crippen molar-refractivity contribution in [2.24, 2.45) is 0 Å². The average Bonchev–Trinajstić information content (AvgIpc) is 3.08. The molecule has 0 radical (unpaired) electrons. The number of hydrogen-bond acceptors (Lipinski definition) is 7. The molecule has 1 aromatic carbocycles. The van der Waals surface area contributed by atoms with Crippen LogP contribution < -0.4 is 14.8 Å². The number of carbonyl (C=O) groups is 2. The quantitative estimate of drug-likeness (QED) is 0.827. The fourth-order valence-electron chi connectivity index (χ4n) is 3.28. The van der Waals surface area contributed by atoms with Crippen LogP contribution in [0.4, 0.5) is 0 Å². The monoisotopic (exact) mass is 359 g/mol. The number of carbonyl (C=O) groups excluding carboxylic acids is 2. The number of nitrogens with one attached hydrogen (secondary N) is 1. The van der Waals surface area contributed by atoms with Gasteiger partial charge in [0.1, 0.15) is 0 Å². The Labute approximate surface area is 151 Å². The number of hydrogen-bond donors (Lipinski definition) is 1. The van der Waals surface area contributed by atoms with Crippen molar-refractivity contribution in [3.63, 3.8) is 0 Å². The smallest absolute Gasteiger partial charge is 0.336 e. The molecule has 0 spiro atoms. The van der Waals surface area contributed by atoms with Gasteiger partial charge in [-0.15, -0.1) is 0 Å². The minimum atomic E-state index is -0.628. The third-order valence-electron chi connectivity index (χ3n) is 4.39. The van der Waals surface area contributed by atoms with E-state index in [4.69, 9.17) is 18.9 Å². The molecule has 0 saturated carbocycles. The van der Waals surface area contributed by atoms with Crippen molar-refractivity contribution in [1.29, 1.82) is 0 Å². The van der Waals surface area contributed by atoms with E-state index in [2.05, 4.69) is 5.32 Å². The zero-order chi connectivity index (χ0) is 18.8. The second kappa shape index (κ2) is 7.11. The van der Waals surface area contributed by atoms with Crippen LogP contribution in [-0.4, -0.2) is 32.4 Å². The Balaban J connectivity index is 2.16. The number of fused-ring (bicyclic) bond motifs is 1. The van der Waals surface area contributed by atoms with Gasteiger partial charge in [-0.2, -0.15) is 0 Å². The molecule has 138 valence electrons. The third kappa shape index (κ3) is 3.00. The van der Waals surface area contributed by atoms with E-state index < -0.39 is 17.9 Å². The zero-order valence-electron chi connectivity index (χ0n) is 15.2. The van der Waals surface area contributed by atoms with Crippen molar-refractivity contribution in [3.05, 3.63) is 46.3 Å². The van der Waals surface area contributed by atoms with Crippen molar-refractivity contribution in [3.8, 4) is 11.5 Å². The number of allylic oxidation sites excluding steroid dienone is 2. The Morgan fingerprint density at radius 3 is 2.42 bits per heavy atom. The molecule has 1 atom stereocenters. The minimum Gasteiger partial charge on any atom is -0.466 e. The lowest BCUT2D eigenvalue weighted by Gasteiger charge is -2.30. The molecule has 0 aliphatic carbocycles. The first-order valence-electron chi connectivity index (χ1n) is 8.31. The predicted molar refractivity (Wildman–Crippen MR) is 92.5 cm³/mol. The molecule has 0 fully saturated rings. The first-order chi connectivity index (χ1) is 12.5. The standard InChI is InChI=1S/C19H21NO6/c1-5-24-19(22)16-11(3)20-10(2)15(18(21)23-4)17(16)12-6-7-13-14(8-12)26-9-25-13/h6-8,17,20H,5,9H2,1-4H3. The largest absolute Gasteiger partial charge is 0.466 e. The molecule has 1 aromatic rings. The number of esters is 2. The maximum absolute atomic E-state index is 12.6. The molecular formula is C19H21NO6. The Bertz CT molecular complexity index is 823.